The Hall–Kier alpha value is -3.31. The lowest BCUT2D eigenvalue weighted by Gasteiger charge is -2.21. The maximum absolute atomic E-state index is 14.5. The molecule has 0 amide bonds. The summed E-state index contributed by atoms with van der Waals surface area (Å²) in [5, 5.41) is 14.5. The molecule has 0 aliphatic carbocycles. The summed E-state index contributed by atoms with van der Waals surface area (Å²) in [7, 11) is -0.939. The zero-order valence-electron chi connectivity index (χ0n) is 15.5. The van der Waals surface area contributed by atoms with Gasteiger partial charge in [-0.15, -0.1) is 0 Å². The Morgan fingerprint density at radius 1 is 1.24 bits per heavy atom. The number of imidazole rings is 1. The van der Waals surface area contributed by atoms with Gasteiger partial charge in [-0.05, 0) is 25.2 Å². The van der Waals surface area contributed by atoms with Crippen LogP contribution in [0.25, 0.3) is 0 Å². The molecule has 0 spiro atoms. The molecular formula is C18H18FN5O4S. The van der Waals surface area contributed by atoms with E-state index in [0.717, 1.165) is 6.07 Å². The van der Waals surface area contributed by atoms with Crippen LogP contribution in [0.4, 0.5) is 15.8 Å². The van der Waals surface area contributed by atoms with Gasteiger partial charge in [-0.2, -0.15) is 0 Å². The van der Waals surface area contributed by atoms with Gasteiger partial charge in [-0.3, -0.25) is 10.1 Å². The first kappa shape index (κ1) is 20.4. The summed E-state index contributed by atoms with van der Waals surface area (Å²) in [5.41, 5.74) is -0.193. The average molecular weight is 419 g/mol. The van der Waals surface area contributed by atoms with Crippen LogP contribution >= 0.6 is 0 Å². The summed E-state index contributed by atoms with van der Waals surface area (Å²) in [5.74, 6) is -0.0821. The molecule has 9 nitrogen and oxygen atoms in total. The molecule has 0 unspecified atom stereocenters. The molecule has 0 aliphatic rings. The summed E-state index contributed by atoms with van der Waals surface area (Å²) in [6, 6.07) is 8.63. The van der Waals surface area contributed by atoms with Gasteiger partial charge < -0.3 is 9.88 Å². The van der Waals surface area contributed by atoms with E-state index in [1.807, 2.05) is 0 Å². The van der Waals surface area contributed by atoms with E-state index in [9.17, 15) is 22.9 Å². The van der Waals surface area contributed by atoms with Crippen molar-refractivity contribution in [3.63, 3.8) is 0 Å². The third kappa shape index (κ3) is 4.10. The van der Waals surface area contributed by atoms with Gasteiger partial charge in [0.05, 0.1) is 9.82 Å². The van der Waals surface area contributed by atoms with Crippen molar-refractivity contribution in [2.75, 3.05) is 12.4 Å². The lowest BCUT2D eigenvalue weighted by molar-refractivity contribution is -0.384. The number of rotatable bonds is 7. The molecule has 152 valence electrons. The van der Waals surface area contributed by atoms with E-state index in [-0.39, 0.29) is 16.1 Å². The number of nitrogens with one attached hydrogen (secondary N) is 2. The number of aromatic nitrogens is 2. The quantitative estimate of drug-likeness (QED) is 0.449. The van der Waals surface area contributed by atoms with Gasteiger partial charge >= 0.3 is 0 Å². The molecule has 3 rings (SSSR count). The SMILES string of the molecule is CNS(=O)(=O)c1ccc(N[C@@H](c2ccccc2F)c2nccn2C)c([N+](=O)[O-])c1. The Balaban J connectivity index is 2.12. The molecule has 2 aromatic carbocycles. The number of sulfonamides is 1. The number of nitro groups is 1. The Morgan fingerprint density at radius 3 is 2.55 bits per heavy atom. The smallest absolute Gasteiger partial charge is 0.293 e. The van der Waals surface area contributed by atoms with E-state index < -0.39 is 32.5 Å². The first-order chi connectivity index (χ1) is 13.7. The topological polar surface area (TPSA) is 119 Å². The van der Waals surface area contributed by atoms with Gasteiger partial charge in [0.1, 0.15) is 23.4 Å². The van der Waals surface area contributed by atoms with Crippen LogP contribution in [0, 0.1) is 15.9 Å². The number of benzene rings is 2. The molecule has 3 aromatic rings. The molecule has 0 aliphatic heterocycles. The van der Waals surface area contributed by atoms with Crippen LogP contribution in [0.2, 0.25) is 0 Å². The lowest BCUT2D eigenvalue weighted by Crippen LogP contribution is -2.20. The molecule has 11 heteroatoms. The van der Waals surface area contributed by atoms with Crippen molar-refractivity contribution in [3.05, 3.63) is 82.2 Å². The second-order valence-electron chi connectivity index (χ2n) is 6.14. The van der Waals surface area contributed by atoms with Crippen molar-refractivity contribution in [2.24, 2.45) is 7.05 Å². The minimum Gasteiger partial charge on any atom is -0.366 e. The molecule has 0 fully saturated rings. The highest BCUT2D eigenvalue weighted by atomic mass is 32.2. The Kier molecular flexibility index (Phi) is 5.62. The summed E-state index contributed by atoms with van der Waals surface area (Å²) in [6.07, 6.45) is 3.20. The van der Waals surface area contributed by atoms with Crippen LogP contribution in [-0.2, 0) is 17.1 Å². The maximum Gasteiger partial charge on any atom is 0.293 e. The van der Waals surface area contributed by atoms with Gasteiger partial charge in [0.25, 0.3) is 5.69 Å². The van der Waals surface area contributed by atoms with Crippen LogP contribution in [0.3, 0.4) is 0 Å². The molecular weight excluding hydrogens is 401 g/mol. The zero-order chi connectivity index (χ0) is 21.2. The molecule has 0 saturated carbocycles. The van der Waals surface area contributed by atoms with Crippen molar-refractivity contribution in [1.82, 2.24) is 14.3 Å². The first-order valence-electron chi connectivity index (χ1n) is 8.44. The fraction of sp³-hybridized carbons (Fsp3) is 0.167. The van der Waals surface area contributed by atoms with Crippen molar-refractivity contribution < 1.29 is 17.7 Å². The number of hydrogen-bond donors (Lipinski definition) is 2. The maximum atomic E-state index is 14.5. The molecule has 2 N–H and O–H groups in total. The summed E-state index contributed by atoms with van der Waals surface area (Å²) in [4.78, 5) is 14.9. The molecule has 1 heterocycles. The highest BCUT2D eigenvalue weighted by molar-refractivity contribution is 7.89. The number of anilines is 1. The van der Waals surface area contributed by atoms with Gasteiger partial charge in [-0.25, -0.2) is 22.5 Å². The highest BCUT2D eigenvalue weighted by Gasteiger charge is 2.26. The van der Waals surface area contributed by atoms with E-state index in [1.165, 1.54) is 37.5 Å². The normalized spacial score (nSPS) is 12.5. The van der Waals surface area contributed by atoms with Crippen molar-refractivity contribution in [2.45, 2.75) is 10.9 Å². The largest absolute Gasteiger partial charge is 0.366 e. The Labute approximate surface area is 166 Å². The second-order valence-corrected chi connectivity index (χ2v) is 8.03. The standard InChI is InChI=1S/C18H18FN5O4S/c1-20-29(27,28)12-7-8-15(16(11-12)24(25)26)22-17(18-21-9-10-23(18)2)13-5-3-4-6-14(13)19/h3-11,17,20,22H,1-2H3/t17-/m0/s1. The molecule has 0 saturated heterocycles. The Bertz CT molecular complexity index is 1160. The van der Waals surface area contributed by atoms with Gasteiger partial charge in [0, 0.05) is 31.1 Å². The van der Waals surface area contributed by atoms with E-state index in [2.05, 4.69) is 15.0 Å². The van der Waals surface area contributed by atoms with E-state index in [0.29, 0.717) is 5.82 Å². The zero-order valence-corrected chi connectivity index (χ0v) is 16.4. The van der Waals surface area contributed by atoms with Gasteiger partial charge in [-0.1, -0.05) is 18.2 Å². The molecule has 1 atom stereocenters. The van der Waals surface area contributed by atoms with Crippen LogP contribution in [-0.4, -0.2) is 29.9 Å². The predicted octanol–water partition coefficient (Wildman–Crippen LogP) is 2.58. The van der Waals surface area contributed by atoms with Crippen molar-refractivity contribution in [3.8, 4) is 0 Å². The molecule has 0 radical (unpaired) electrons. The minimum absolute atomic E-state index is 0.0290. The van der Waals surface area contributed by atoms with Crippen molar-refractivity contribution >= 4 is 21.4 Å². The van der Waals surface area contributed by atoms with Crippen LogP contribution in [0.15, 0.2) is 59.8 Å². The average Bonchev–Trinajstić information content (AvgIpc) is 3.12. The van der Waals surface area contributed by atoms with Crippen molar-refractivity contribution in [1.29, 1.82) is 0 Å². The van der Waals surface area contributed by atoms with Crippen LogP contribution < -0.4 is 10.0 Å². The van der Waals surface area contributed by atoms with E-state index in [4.69, 9.17) is 0 Å². The minimum atomic E-state index is -3.87. The predicted molar refractivity (Wildman–Crippen MR) is 104 cm³/mol. The highest BCUT2D eigenvalue weighted by Crippen LogP contribution is 2.33. The number of hydrogen-bond acceptors (Lipinski definition) is 6. The first-order valence-corrected chi connectivity index (χ1v) is 9.93. The summed E-state index contributed by atoms with van der Waals surface area (Å²) in [6.45, 7) is 0. The fourth-order valence-electron chi connectivity index (χ4n) is 2.87. The van der Waals surface area contributed by atoms with E-state index in [1.54, 1.807) is 29.9 Å². The third-order valence-corrected chi connectivity index (χ3v) is 5.79. The monoisotopic (exact) mass is 419 g/mol. The van der Waals surface area contributed by atoms with Crippen LogP contribution in [0.1, 0.15) is 17.4 Å². The van der Waals surface area contributed by atoms with Crippen LogP contribution in [0.5, 0.6) is 0 Å². The van der Waals surface area contributed by atoms with E-state index >= 15 is 0 Å². The van der Waals surface area contributed by atoms with Gasteiger partial charge in [0.2, 0.25) is 10.0 Å². The molecule has 0 bridgehead atoms. The lowest BCUT2D eigenvalue weighted by atomic mass is 10.0. The number of nitro benzene ring substituents is 1. The Morgan fingerprint density at radius 2 is 1.97 bits per heavy atom. The number of nitrogens with zero attached hydrogens (tertiary/aromatic N) is 3. The second kappa shape index (κ2) is 7.97. The number of aryl methyl sites for hydroxylation is 1. The fourth-order valence-corrected chi connectivity index (χ4v) is 3.62. The summed E-state index contributed by atoms with van der Waals surface area (Å²) < 4.78 is 42.2. The van der Waals surface area contributed by atoms with Gasteiger partial charge in [0.15, 0.2) is 0 Å². The summed E-state index contributed by atoms with van der Waals surface area (Å²) >= 11 is 0. The molecule has 29 heavy (non-hydrogen) atoms. The number of halogens is 1. The molecule has 1 aromatic heterocycles. The third-order valence-electron chi connectivity index (χ3n) is 4.38.